The number of alkyl halides is 1. The summed E-state index contributed by atoms with van der Waals surface area (Å²) in [4.78, 5) is 0.692. The average molecular weight is 313 g/mol. The Hall–Kier alpha value is -1.52. The van der Waals surface area contributed by atoms with Crippen LogP contribution in [-0.4, -0.2) is 0 Å². The molecule has 0 saturated heterocycles. The summed E-state index contributed by atoms with van der Waals surface area (Å²) >= 11 is 7.62. The maximum Gasteiger partial charge on any atom is 0.161 e. The van der Waals surface area contributed by atoms with Crippen LogP contribution in [0.2, 0.25) is 0 Å². The first-order chi connectivity index (χ1) is 9.56. The Balaban J connectivity index is 2.07. The normalized spacial score (nSPS) is 12.8. The van der Waals surface area contributed by atoms with Gasteiger partial charge in [0.05, 0.1) is 5.38 Å². The van der Waals surface area contributed by atoms with E-state index in [0.717, 1.165) is 16.2 Å². The summed E-state index contributed by atoms with van der Waals surface area (Å²) in [6.45, 7) is 0. The summed E-state index contributed by atoms with van der Waals surface area (Å²) in [6.07, 6.45) is 0. The number of rotatable bonds is 2. The van der Waals surface area contributed by atoms with E-state index in [1.165, 1.54) is 11.3 Å². The molecule has 1 aromatic heterocycles. The first kappa shape index (κ1) is 13.5. The van der Waals surface area contributed by atoms with Gasteiger partial charge in [0.2, 0.25) is 0 Å². The molecular weight excluding hydrogens is 305 g/mol. The Morgan fingerprint density at radius 1 is 0.900 bits per heavy atom. The first-order valence-electron chi connectivity index (χ1n) is 5.83. The second-order valence-electron chi connectivity index (χ2n) is 4.34. The maximum absolute atomic E-state index is 13.7. The van der Waals surface area contributed by atoms with Gasteiger partial charge >= 0.3 is 0 Å². The monoisotopic (exact) mass is 312 g/mol. The van der Waals surface area contributed by atoms with Crippen LogP contribution in [0.4, 0.5) is 13.2 Å². The van der Waals surface area contributed by atoms with E-state index >= 15 is 0 Å². The number of fused-ring (bicyclic) bond motifs is 1. The molecule has 3 rings (SSSR count). The zero-order valence-electron chi connectivity index (χ0n) is 10.0. The highest BCUT2D eigenvalue weighted by molar-refractivity contribution is 7.19. The molecule has 0 fully saturated rings. The van der Waals surface area contributed by atoms with E-state index < -0.39 is 22.8 Å². The van der Waals surface area contributed by atoms with Crippen LogP contribution in [0.5, 0.6) is 0 Å². The summed E-state index contributed by atoms with van der Waals surface area (Å²) in [7, 11) is 0. The van der Waals surface area contributed by atoms with Crippen LogP contribution < -0.4 is 0 Å². The Bertz CT molecular complexity index is 749. The van der Waals surface area contributed by atoms with Crippen LogP contribution in [0.15, 0.2) is 42.5 Å². The Kier molecular flexibility index (Phi) is 3.44. The number of hydrogen-bond donors (Lipinski definition) is 0. The van der Waals surface area contributed by atoms with Gasteiger partial charge in [-0.2, -0.15) is 0 Å². The van der Waals surface area contributed by atoms with Gasteiger partial charge in [0, 0.05) is 21.2 Å². The van der Waals surface area contributed by atoms with Gasteiger partial charge < -0.3 is 0 Å². The SMILES string of the molecule is Fc1cc(F)c(C(Cl)c2cc3ccccc3s2)cc1F. The molecule has 102 valence electrons. The number of hydrogen-bond acceptors (Lipinski definition) is 1. The van der Waals surface area contributed by atoms with E-state index in [1.807, 2.05) is 30.3 Å². The molecule has 0 spiro atoms. The van der Waals surface area contributed by atoms with Crippen molar-refractivity contribution in [1.82, 2.24) is 0 Å². The van der Waals surface area contributed by atoms with Crippen LogP contribution >= 0.6 is 22.9 Å². The minimum Gasteiger partial charge on any atom is -0.207 e. The van der Waals surface area contributed by atoms with Crippen molar-refractivity contribution in [3.8, 4) is 0 Å². The van der Waals surface area contributed by atoms with Crippen molar-refractivity contribution >= 4 is 33.0 Å². The molecular formula is C15H8ClF3S. The Labute approximate surface area is 122 Å². The van der Waals surface area contributed by atoms with Gasteiger partial charge in [0.25, 0.3) is 0 Å². The summed E-state index contributed by atoms with van der Waals surface area (Å²) in [5, 5.41) is 0.142. The maximum atomic E-state index is 13.7. The molecule has 20 heavy (non-hydrogen) atoms. The van der Waals surface area contributed by atoms with Crippen LogP contribution in [0.25, 0.3) is 10.1 Å². The lowest BCUT2D eigenvalue weighted by atomic mass is 10.1. The summed E-state index contributed by atoms with van der Waals surface area (Å²) in [6, 6.07) is 10.8. The van der Waals surface area contributed by atoms with Gasteiger partial charge in [-0.3, -0.25) is 0 Å². The zero-order chi connectivity index (χ0) is 14.3. The van der Waals surface area contributed by atoms with Gasteiger partial charge in [-0.05, 0) is 23.6 Å². The molecule has 0 nitrogen and oxygen atoms in total. The largest absolute Gasteiger partial charge is 0.207 e. The van der Waals surface area contributed by atoms with E-state index in [2.05, 4.69) is 0 Å². The van der Waals surface area contributed by atoms with Crippen LogP contribution in [0.3, 0.4) is 0 Å². The average Bonchev–Trinajstić information content (AvgIpc) is 2.86. The smallest absolute Gasteiger partial charge is 0.161 e. The lowest BCUT2D eigenvalue weighted by Crippen LogP contribution is -1.98. The predicted octanol–water partition coefficient (Wildman–Crippen LogP) is 5.65. The predicted molar refractivity (Wildman–Crippen MR) is 75.8 cm³/mol. The van der Waals surface area contributed by atoms with Crippen LogP contribution in [-0.2, 0) is 0 Å². The molecule has 0 N–H and O–H groups in total. The fourth-order valence-corrected chi connectivity index (χ4v) is 3.44. The fraction of sp³-hybridized carbons (Fsp3) is 0.0667. The molecule has 1 heterocycles. The van der Waals surface area contributed by atoms with Crippen molar-refractivity contribution < 1.29 is 13.2 Å². The van der Waals surface area contributed by atoms with E-state index in [1.54, 1.807) is 0 Å². The molecule has 0 aliphatic carbocycles. The molecule has 5 heteroatoms. The van der Waals surface area contributed by atoms with Crippen molar-refractivity contribution in [2.24, 2.45) is 0 Å². The Morgan fingerprint density at radius 3 is 2.35 bits per heavy atom. The van der Waals surface area contributed by atoms with Crippen molar-refractivity contribution in [1.29, 1.82) is 0 Å². The second-order valence-corrected chi connectivity index (χ2v) is 5.89. The molecule has 0 aliphatic heterocycles. The number of thiophene rings is 1. The molecule has 0 amide bonds. The highest BCUT2D eigenvalue weighted by Gasteiger charge is 2.20. The number of benzene rings is 2. The molecule has 1 atom stereocenters. The van der Waals surface area contributed by atoms with E-state index in [0.29, 0.717) is 10.9 Å². The summed E-state index contributed by atoms with van der Waals surface area (Å²) in [5.74, 6) is -3.17. The molecule has 2 aromatic carbocycles. The molecule has 0 saturated carbocycles. The quantitative estimate of drug-likeness (QED) is 0.424. The fourth-order valence-electron chi connectivity index (χ4n) is 2.01. The van der Waals surface area contributed by atoms with Gasteiger partial charge in [-0.25, -0.2) is 13.2 Å². The first-order valence-corrected chi connectivity index (χ1v) is 7.08. The van der Waals surface area contributed by atoms with Gasteiger partial charge in [-0.15, -0.1) is 22.9 Å². The van der Waals surface area contributed by atoms with E-state index in [9.17, 15) is 13.2 Å². The molecule has 0 aliphatic rings. The third-order valence-electron chi connectivity index (χ3n) is 3.01. The molecule has 0 radical (unpaired) electrons. The standard InChI is InChI=1S/C15H8ClF3S/c16-15(9-6-11(18)12(19)7-10(9)17)14-5-8-3-1-2-4-13(8)20-14/h1-7,15H. The molecule has 1 unspecified atom stereocenters. The molecule has 3 aromatic rings. The summed E-state index contributed by atoms with van der Waals surface area (Å²) in [5.41, 5.74) is -0.0582. The van der Waals surface area contributed by atoms with Crippen molar-refractivity contribution in [2.45, 2.75) is 5.38 Å². The minimum atomic E-state index is -1.22. The third kappa shape index (κ3) is 2.30. The highest BCUT2D eigenvalue weighted by atomic mass is 35.5. The minimum absolute atomic E-state index is 0.0582. The van der Waals surface area contributed by atoms with E-state index in [-0.39, 0.29) is 5.56 Å². The van der Waals surface area contributed by atoms with Gasteiger partial charge in [0.1, 0.15) is 5.82 Å². The number of halogens is 4. The van der Waals surface area contributed by atoms with Crippen LogP contribution in [0.1, 0.15) is 15.8 Å². The zero-order valence-corrected chi connectivity index (χ0v) is 11.6. The van der Waals surface area contributed by atoms with Gasteiger partial charge in [0.15, 0.2) is 11.6 Å². The highest BCUT2D eigenvalue weighted by Crippen LogP contribution is 2.38. The molecule has 0 bridgehead atoms. The van der Waals surface area contributed by atoms with Crippen molar-refractivity contribution in [3.63, 3.8) is 0 Å². The van der Waals surface area contributed by atoms with Crippen molar-refractivity contribution in [2.75, 3.05) is 0 Å². The lowest BCUT2D eigenvalue weighted by Gasteiger charge is -2.09. The van der Waals surface area contributed by atoms with Gasteiger partial charge in [-0.1, -0.05) is 18.2 Å². The van der Waals surface area contributed by atoms with E-state index in [4.69, 9.17) is 11.6 Å². The topological polar surface area (TPSA) is 0 Å². The Morgan fingerprint density at radius 2 is 1.60 bits per heavy atom. The third-order valence-corrected chi connectivity index (χ3v) is 4.79. The lowest BCUT2D eigenvalue weighted by molar-refractivity contribution is 0.490. The summed E-state index contributed by atoms with van der Waals surface area (Å²) < 4.78 is 40.9. The second kappa shape index (κ2) is 5.11. The van der Waals surface area contributed by atoms with Crippen molar-refractivity contribution in [3.05, 3.63) is 70.4 Å². The van der Waals surface area contributed by atoms with Crippen LogP contribution in [0, 0.1) is 17.5 Å².